The molecule has 2 fully saturated rings. The lowest BCUT2D eigenvalue weighted by Gasteiger charge is -2.35. The van der Waals surface area contributed by atoms with Crippen LogP contribution in [0.2, 0.25) is 0 Å². The van der Waals surface area contributed by atoms with Gasteiger partial charge >= 0.3 is 10.4 Å². The maximum atomic E-state index is 6.00. The summed E-state index contributed by atoms with van der Waals surface area (Å²) in [5, 5.41) is 14.7. The first-order valence-electron chi connectivity index (χ1n) is 16.8. The number of methoxy groups -OCH3 is 1. The fourth-order valence-corrected chi connectivity index (χ4v) is 11.3. The van der Waals surface area contributed by atoms with Crippen molar-refractivity contribution in [2.45, 2.75) is 68.1 Å². The highest BCUT2D eigenvalue weighted by atomic mass is 33.1. The van der Waals surface area contributed by atoms with Gasteiger partial charge in [-0.1, -0.05) is 28.5 Å². The van der Waals surface area contributed by atoms with Gasteiger partial charge in [-0.05, 0) is 37.9 Å². The van der Waals surface area contributed by atoms with Crippen molar-refractivity contribution in [1.82, 2.24) is 0 Å². The third-order valence-electron chi connectivity index (χ3n) is 6.51. The van der Waals surface area contributed by atoms with Crippen LogP contribution in [0.15, 0.2) is 0 Å². The maximum Gasteiger partial charge on any atom is 0.407 e. The highest BCUT2D eigenvalue weighted by Crippen LogP contribution is 2.39. The molecule has 2 rings (SSSR count). The molecule has 16 N–H and O–H groups in total. The molecular formula is C28H68BN8O2PS8+4. The van der Waals surface area contributed by atoms with Gasteiger partial charge in [-0.25, -0.2) is 5.41 Å². The molecule has 2 aliphatic rings. The number of hydrogen-bond acceptors (Lipinski definition) is 11. The second-order valence-corrected chi connectivity index (χ2v) is 20.3. The molecule has 284 valence electrons. The predicted molar refractivity (Wildman–Crippen MR) is 240 cm³/mol. The van der Waals surface area contributed by atoms with E-state index >= 15 is 0 Å². The molecule has 0 aromatic rings. The Morgan fingerprint density at radius 2 is 1.38 bits per heavy atom. The summed E-state index contributed by atoms with van der Waals surface area (Å²) >= 11 is 7.97. The van der Waals surface area contributed by atoms with Gasteiger partial charge in [-0.2, -0.15) is 56.2 Å². The zero-order chi connectivity index (χ0) is 37.7. The van der Waals surface area contributed by atoms with Crippen molar-refractivity contribution in [2.75, 3.05) is 74.1 Å². The van der Waals surface area contributed by atoms with Gasteiger partial charge in [0.05, 0.1) is 45.0 Å². The first-order valence-corrected chi connectivity index (χ1v) is 25.6. The Kier molecular flexibility index (Phi) is 42.2. The van der Waals surface area contributed by atoms with Gasteiger partial charge in [-0.3, -0.25) is 26.9 Å². The normalized spacial score (nSPS) is 19.9. The molecule has 0 aromatic heterocycles. The Hall–Kier alpha value is 1.25. The van der Waals surface area contributed by atoms with Gasteiger partial charge in [0, 0.05) is 90.5 Å². The van der Waals surface area contributed by atoms with Gasteiger partial charge in [0.25, 0.3) is 0 Å². The Bertz CT molecular complexity index is 844. The molecule has 0 amide bonds. The average Bonchev–Trinajstić information content (AvgIpc) is 3.10. The largest absolute Gasteiger partial charge is 0.442 e. The topological polar surface area (TPSA) is 224 Å². The molecule has 0 heterocycles. The summed E-state index contributed by atoms with van der Waals surface area (Å²) in [7, 11) is 14.3. The summed E-state index contributed by atoms with van der Waals surface area (Å²) < 4.78 is 14.8. The highest BCUT2D eigenvalue weighted by Gasteiger charge is 2.30. The van der Waals surface area contributed by atoms with E-state index in [1.807, 2.05) is 51.3 Å². The number of nitrogens with one attached hydrogen (secondary N) is 2. The second-order valence-electron chi connectivity index (χ2n) is 10.4. The standard InChI is InChI=1S/C14H28N4S4.C8H18N2S2.C6H12N2OS2.BH2P.H2O.H2/c1-11-3-4-12(11)20-10-7-17-13(15)5-8-21-22-14(16)18-6-9-19-2;9-3-5-11-7-1-2-8(7)12-6-4-10;1-5(7)3-4-10-11-6(8)9-2;1-2;;/h11-12H,3-10H2,1-2H3,(H2,15,17)(H2,16,18);7-8H,1-6,9-10H2;7-8H,3-4H2,1-2H3;2H2;1H2;1H/p+4/i;;;;;1+2D. The van der Waals surface area contributed by atoms with Gasteiger partial charge in [0.1, 0.15) is 5.71 Å². The molecule has 5 atom stereocenters. The molecule has 48 heavy (non-hydrogen) atoms. The van der Waals surface area contributed by atoms with Crippen molar-refractivity contribution < 1.29 is 34.0 Å². The van der Waals surface area contributed by atoms with E-state index < -0.39 is 0 Å². The smallest absolute Gasteiger partial charge is 0.407 e. The second kappa shape index (κ2) is 39.5. The Labute approximate surface area is 331 Å². The molecule has 5 unspecified atom stereocenters. The van der Waals surface area contributed by atoms with Crippen LogP contribution in [0.25, 0.3) is 0 Å². The van der Waals surface area contributed by atoms with Crippen LogP contribution < -0.4 is 43.7 Å². The molecule has 2 radical (unpaired) electrons. The minimum absolute atomic E-state index is 0. The minimum Gasteiger partial charge on any atom is -0.442 e. The Balaban J connectivity index is -0.000000322. The monoisotopic (exact) mass is 849 g/mol. The summed E-state index contributed by atoms with van der Waals surface area (Å²) in [5.74, 6) is 8.20. The zero-order valence-corrected chi connectivity index (χ0v) is 37.1. The highest BCUT2D eigenvalue weighted by molar-refractivity contribution is 8.82. The van der Waals surface area contributed by atoms with E-state index in [2.05, 4.69) is 42.5 Å². The molecule has 20 heteroatoms. The molecular weight excluding hydrogens is 779 g/mol. The van der Waals surface area contributed by atoms with Gasteiger partial charge in [0.2, 0.25) is 5.84 Å². The third kappa shape index (κ3) is 33.1. The van der Waals surface area contributed by atoms with E-state index in [9.17, 15) is 0 Å². The number of nitrogens with two attached hydrogens (primary N) is 6. The quantitative estimate of drug-likeness (QED) is 0.0165. The molecule has 0 spiro atoms. The molecule has 0 aliphatic heterocycles. The molecule has 0 saturated heterocycles. The van der Waals surface area contributed by atoms with Crippen LogP contribution in [0.3, 0.4) is 0 Å². The summed E-state index contributed by atoms with van der Waals surface area (Å²) in [6, 6.07) is 0. The molecule has 2 aliphatic carbocycles. The van der Waals surface area contributed by atoms with E-state index in [0.29, 0.717) is 5.23 Å². The van der Waals surface area contributed by atoms with Crippen LogP contribution in [-0.2, 0) is 4.74 Å². The summed E-state index contributed by atoms with van der Waals surface area (Å²) in [4.78, 5) is 6.52. The van der Waals surface area contributed by atoms with Crippen molar-refractivity contribution in [2.24, 2.45) is 28.9 Å². The lowest BCUT2D eigenvalue weighted by atomic mass is 9.87. The van der Waals surface area contributed by atoms with Crippen LogP contribution in [0.4, 0.5) is 0 Å². The lowest BCUT2D eigenvalue weighted by molar-refractivity contribution is -0.453. The van der Waals surface area contributed by atoms with E-state index in [0.717, 1.165) is 112 Å². The summed E-state index contributed by atoms with van der Waals surface area (Å²) in [5.41, 5.74) is 23.7. The first-order chi connectivity index (χ1) is 23.7. The summed E-state index contributed by atoms with van der Waals surface area (Å²) in [6.45, 7) is 7.79. The van der Waals surface area contributed by atoms with E-state index in [-0.39, 0.29) is 5.48 Å². The molecule has 0 aromatic carbocycles. The van der Waals surface area contributed by atoms with Crippen LogP contribution in [0.5, 0.6) is 0 Å². The van der Waals surface area contributed by atoms with Crippen molar-refractivity contribution in [3.63, 3.8) is 0 Å². The summed E-state index contributed by atoms with van der Waals surface area (Å²) in [6.07, 6.45) is 9.47. The van der Waals surface area contributed by atoms with Crippen molar-refractivity contribution in [3.05, 3.63) is 0 Å². The lowest BCUT2D eigenvalue weighted by Crippen LogP contribution is -2.76. The average molecular weight is 850 g/mol. The van der Waals surface area contributed by atoms with E-state index in [1.54, 1.807) is 39.5 Å². The fourth-order valence-electron chi connectivity index (χ4n) is 3.55. The molecule has 10 nitrogen and oxygen atoms in total. The van der Waals surface area contributed by atoms with E-state index in [4.69, 9.17) is 41.5 Å². The predicted octanol–water partition coefficient (Wildman–Crippen LogP) is -1.51. The van der Waals surface area contributed by atoms with Gasteiger partial charge in [-0.15, -0.1) is 0 Å². The van der Waals surface area contributed by atoms with Crippen molar-refractivity contribution in [3.8, 4) is 0 Å². The number of ether oxygens (including phenoxy) is 1. The number of amidine groups is 2. The number of rotatable bonds is 21. The van der Waals surface area contributed by atoms with Gasteiger partial charge in [0.15, 0.2) is 0 Å². The van der Waals surface area contributed by atoms with Crippen molar-refractivity contribution in [1.29, 1.82) is 0 Å². The first kappa shape index (κ1) is 51.4. The number of hydrogen-bond donors (Lipinski definition) is 8. The van der Waals surface area contributed by atoms with Gasteiger partial charge < -0.3 is 21.7 Å². The minimum atomic E-state index is 0. The number of thioether (sulfide) groups is 4. The van der Waals surface area contributed by atoms with E-state index in [1.165, 1.54) is 36.5 Å². The van der Waals surface area contributed by atoms with Crippen molar-refractivity contribution >= 4 is 129 Å². The Morgan fingerprint density at radius 3 is 1.83 bits per heavy atom. The maximum absolute atomic E-state index is 6.00. The van der Waals surface area contributed by atoms with Crippen LogP contribution in [-0.4, -0.2) is 125 Å². The van der Waals surface area contributed by atoms with Crippen LogP contribution in [0.1, 0.15) is 55.3 Å². The fraction of sp³-hybridized carbons (Fsp3) is 0.857. The third-order valence-corrected chi connectivity index (χ3v) is 16.2. The zero-order valence-electron chi connectivity index (χ0n) is 31.4. The Morgan fingerprint density at radius 1 is 0.854 bits per heavy atom. The van der Waals surface area contributed by atoms with Crippen LogP contribution >= 0.6 is 99.3 Å². The molecule has 2 saturated carbocycles. The van der Waals surface area contributed by atoms with Crippen LogP contribution in [0, 0.1) is 5.92 Å². The molecule has 0 bridgehead atoms. The SMILES string of the molecule is COC(=[NH2+])SSCCC(C)=[NH2+].CSCC[NH+]=C(N)SSCCC(N)=[NH+]CCSC1CCC1C.NCCSC1CCC1SCCN.O.[2H][3H].[B]P.